The van der Waals surface area contributed by atoms with Gasteiger partial charge < -0.3 is 0 Å². The van der Waals surface area contributed by atoms with Gasteiger partial charge in [-0.1, -0.05) is 12.1 Å². The molecule has 0 bridgehead atoms. The van der Waals surface area contributed by atoms with E-state index in [1.807, 2.05) is 0 Å². The minimum atomic E-state index is 1.28. The molecule has 1 nitrogen and oxygen atoms in total. The molecule has 0 aliphatic carbocycles. The zero-order valence-electron chi connectivity index (χ0n) is 10.4. The van der Waals surface area contributed by atoms with E-state index in [0.717, 1.165) is 0 Å². The van der Waals surface area contributed by atoms with Gasteiger partial charge in [0, 0.05) is 17.7 Å². The molecule has 1 aromatic carbocycles. The number of aromatic nitrogens is 1. The highest BCUT2D eigenvalue weighted by Gasteiger charge is 2.12. The molecule has 16 heavy (non-hydrogen) atoms. The van der Waals surface area contributed by atoms with Crippen molar-refractivity contribution in [3.05, 3.63) is 53.2 Å². The molecular weight excluding hydrogens is 194 g/mol. The van der Waals surface area contributed by atoms with Gasteiger partial charge in [0.05, 0.1) is 0 Å². The first kappa shape index (κ1) is 10.9. The number of pyridine rings is 1. The number of rotatable bonds is 1. The zero-order chi connectivity index (χ0) is 11.7. The average molecular weight is 212 g/mol. The Morgan fingerprint density at radius 2 is 1.75 bits per heavy atom. The third kappa shape index (κ3) is 1.85. The number of hydrogen-bond acceptors (Lipinski definition) is 0. The maximum absolute atomic E-state index is 2.24. The van der Waals surface area contributed by atoms with E-state index in [-0.39, 0.29) is 0 Å². The van der Waals surface area contributed by atoms with Crippen LogP contribution in [0.4, 0.5) is 0 Å². The van der Waals surface area contributed by atoms with Crippen LogP contribution in [-0.2, 0) is 7.05 Å². The first-order chi connectivity index (χ1) is 7.59. The summed E-state index contributed by atoms with van der Waals surface area (Å²) in [6, 6.07) is 10.8. The molecule has 0 amide bonds. The molecule has 0 saturated carbocycles. The summed E-state index contributed by atoms with van der Waals surface area (Å²) in [4.78, 5) is 0. The zero-order valence-corrected chi connectivity index (χ0v) is 10.4. The van der Waals surface area contributed by atoms with E-state index in [2.05, 4.69) is 68.9 Å². The van der Waals surface area contributed by atoms with Crippen LogP contribution in [0.2, 0.25) is 0 Å². The molecule has 0 unspecified atom stereocenters. The summed E-state index contributed by atoms with van der Waals surface area (Å²) in [5.41, 5.74) is 6.61. The Kier molecular flexibility index (Phi) is 2.78. The molecule has 0 radical (unpaired) electrons. The van der Waals surface area contributed by atoms with Crippen molar-refractivity contribution >= 4 is 0 Å². The maximum Gasteiger partial charge on any atom is 0.212 e. The van der Waals surface area contributed by atoms with Crippen LogP contribution in [0.5, 0.6) is 0 Å². The number of hydrogen-bond donors (Lipinski definition) is 0. The summed E-state index contributed by atoms with van der Waals surface area (Å²) < 4.78 is 2.18. The molecule has 0 N–H and O–H groups in total. The molecule has 0 aliphatic heterocycles. The lowest BCUT2D eigenvalue weighted by atomic mass is 9.99. The Morgan fingerprint density at radius 3 is 2.50 bits per heavy atom. The van der Waals surface area contributed by atoms with Gasteiger partial charge in [-0.2, -0.15) is 0 Å². The van der Waals surface area contributed by atoms with Gasteiger partial charge in [-0.25, -0.2) is 4.57 Å². The number of benzene rings is 1. The van der Waals surface area contributed by atoms with Crippen LogP contribution < -0.4 is 4.57 Å². The van der Waals surface area contributed by atoms with Gasteiger partial charge in [0.1, 0.15) is 7.05 Å². The minimum absolute atomic E-state index is 1.28. The van der Waals surface area contributed by atoms with Crippen LogP contribution in [-0.4, -0.2) is 0 Å². The van der Waals surface area contributed by atoms with Gasteiger partial charge in [0.25, 0.3) is 0 Å². The lowest BCUT2D eigenvalue weighted by Gasteiger charge is -2.07. The van der Waals surface area contributed by atoms with Crippen molar-refractivity contribution in [1.82, 2.24) is 0 Å². The van der Waals surface area contributed by atoms with Crippen molar-refractivity contribution in [2.45, 2.75) is 20.8 Å². The summed E-state index contributed by atoms with van der Waals surface area (Å²) in [6.07, 6.45) is 2.12. The molecule has 0 spiro atoms. The topological polar surface area (TPSA) is 3.88 Å². The molecule has 0 aliphatic rings. The largest absolute Gasteiger partial charge is 0.212 e. The Balaban J connectivity index is 2.67. The van der Waals surface area contributed by atoms with Crippen molar-refractivity contribution in [2.75, 3.05) is 0 Å². The van der Waals surface area contributed by atoms with Crippen molar-refractivity contribution in [1.29, 1.82) is 0 Å². The summed E-state index contributed by atoms with van der Waals surface area (Å²) >= 11 is 0. The van der Waals surface area contributed by atoms with Gasteiger partial charge in [-0.05, 0) is 43.5 Å². The van der Waals surface area contributed by atoms with Crippen LogP contribution in [0.3, 0.4) is 0 Å². The van der Waals surface area contributed by atoms with Crippen molar-refractivity contribution in [3.63, 3.8) is 0 Å². The quantitative estimate of drug-likeness (QED) is 0.639. The van der Waals surface area contributed by atoms with E-state index in [1.54, 1.807) is 0 Å². The standard InChI is InChI=1S/C15H18N/c1-11-8-9-16(4)15(10-11)14-7-5-6-12(2)13(14)3/h5-10H,1-4H3/q+1. The predicted octanol–water partition coefficient (Wildman–Crippen LogP) is 3.10. The summed E-state index contributed by atoms with van der Waals surface area (Å²) in [6.45, 7) is 6.48. The molecule has 0 atom stereocenters. The van der Waals surface area contributed by atoms with E-state index >= 15 is 0 Å². The fraction of sp³-hybridized carbons (Fsp3) is 0.267. The lowest BCUT2D eigenvalue weighted by molar-refractivity contribution is -0.660. The monoisotopic (exact) mass is 212 g/mol. The predicted molar refractivity (Wildman–Crippen MR) is 67.3 cm³/mol. The van der Waals surface area contributed by atoms with Crippen molar-refractivity contribution < 1.29 is 4.57 Å². The fourth-order valence-electron chi connectivity index (χ4n) is 1.97. The molecule has 1 heteroatoms. The first-order valence-corrected chi connectivity index (χ1v) is 5.62. The van der Waals surface area contributed by atoms with Gasteiger partial charge in [0.15, 0.2) is 6.20 Å². The molecule has 82 valence electrons. The second-order valence-corrected chi connectivity index (χ2v) is 4.45. The third-order valence-corrected chi connectivity index (χ3v) is 3.19. The van der Waals surface area contributed by atoms with Crippen molar-refractivity contribution in [2.24, 2.45) is 7.05 Å². The summed E-state index contributed by atoms with van der Waals surface area (Å²) in [5.74, 6) is 0. The second kappa shape index (κ2) is 4.09. The molecule has 0 saturated heterocycles. The smallest absolute Gasteiger partial charge is 0.201 e. The summed E-state index contributed by atoms with van der Waals surface area (Å²) in [5, 5.41) is 0. The summed E-state index contributed by atoms with van der Waals surface area (Å²) in [7, 11) is 2.09. The molecule has 1 heterocycles. The van der Waals surface area contributed by atoms with E-state index in [1.165, 1.54) is 27.9 Å². The van der Waals surface area contributed by atoms with Gasteiger partial charge in [0.2, 0.25) is 5.69 Å². The van der Waals surface area contributed by atoms with E-state index in [4.69, 9.17) is 0 Å². The molecule has 2 aromatic rings. The van der Waals surface area contributed by atoms with Crippen LogP contribution >= 0.6 is 0 Å². The maximum atomic E-state index is 2.24. The van der Waals surface area contributed by atoms with Crippen LogP contribution in [0.15, 0.2) is 36.5 Å². The Bertz CT molecular complexity index is 527. The molecular formula is C15H18N+. The SMILES string of the molecule is Cc1cc[n+](C)c(-c2cccc(C)c2C)c1. The number of nitrogens with zero attached hydrogens (tertiary/aromatic N) is 1. The highest BCUT2D eigenvalue weighted by Crippen LogP contribution is 2.22. The fourth-order valence-corrected chi connectivity index (χ4v) is 1.97. The Hall–Kier alpha value is -1.63. The van der Waals surface area contributed by atoms with Crippen LogP contribution in [0, 0.1) is 20.8 Å². The van der Waals surface area contributed by atoms with Crippen LogP contribution in [0.1, 0.15) is 16.7 Å². The lowest BCUT2D eigenvalue weighted by Crippen LogP contribution is -2.30. The van der Waals surface area contributed by atoms with E-state index < -0.39 is 0 Å². The van der Waals surface area contributed by atoms with Gasteiger partial charge >= 0.3 is 0 Å². The molecule has 0 fully saturated rings. The Labute approximate surface area is 97.4 Å². The van der Waals surface area contributed by atoms with Gasteiger partial charge in [-0.15, -0.1) is 0 Å². The number of aryl methyl sites for hydroxylation is 3. The normalized spacial score (nSPS) is 10.5. The molecule has 1 aromatic heterocycles. The van der Waals surface area contributed by atoms with Crippen LogP contribution in [0.25, 0.3) is 11.3 Å². The first-order valence-electron chi connectivity index (χ1n) is 5.62. The minimum Gasteiger partial charge on any atom is -0.201 e. The Morgan fingerprint density at radius 1 is 1.00 bits per heavy atom. The third-order valence-electron chi connectivity index (χ3n) is 3.19. The highest BCUT2D eigenvalue weighted by atomic mass is 14.9. The average Bonchev–Trinajstić information content (AvgIpc) is 2.26. The van der Waals surface area contributed by atoms with E-state index in [0.29, 0.717) is 0 Å². The van der Waals surface area contributed by atoms with Gasteiger partial charge in [-0.3, -0.25) is 0 Å². The second-order valence-electron chi connectivity index (χ2n) is 4.45. The van der Waals surface area contributed by atoms with Crippen molar-refractivity contribution in [3.8, 4) is 11.3 Å². The van der Waals surface area contributed by atoms with E-state index in [9.17, 15) is 0 Å². The molecule has 2 rings (SSSR count). The highest BCUT2D eigenvalue weighted by molar-refractivity contribution is 5.63.